The van der Waals surface area contributed by atoms with Gasteiger partial charge in [0.1, 0.15) is 12.4 Å². The lowest BCUT2D eigenvalue weighted by Crippen LogP contribution is -2.47. The Bertz CT molecular complexity index is 936. The second kappa shape index (κ2) is 10.1. The lowest BCUT2D eigenvalue weighted by molar-refractivity contribution is 0.112. The van der Waals surface area contributed by atoms with Crippen molar-refractivity contribution in [3.05, 3.63) is 82.6 Å². The molecule has 0 atom stereocenters. The van der Waals surface area contributed by atoms with Crippen molar-refractivity contribution in [1.82, 2.24) is 19.6 Å². The Morgan fingerprint density at radius 2 is 1.70 bits per heavy atom. The van der Waals surface area contributed by atoms with Gasteiger partial charge in [-0.25, -0.2) is 0 Å². The molecule has 30 heavy (non-hydrogen) atoms. The van der Waals surface area contributed by atoms with Crippen LogP contribution < -0.4 is 4.74 Å². The smallest absolute Gasteiger partial charge is 0.122 e. The first kappa shape index (κ1) is 20.9. The molecule has 1 saturated heterocycles. The summed E-state index contributed by atoms with van der Waals surface area (Å²) in [7, 11) is 0. The molecule has 1 aromatic heterocycles. The normalized spacial score (nSPS) is 15.4. The zero-order chi connectivity index (χ0) is 20.8. The van der Waals surface area contributed by atoms with E-state index < -0.39 is 0 Å². The highest BCUT2D eigenvalue weighted by Gasteiger charge is 2.17. The van der Waals surface area contributed by atoms with Crippen LogP contribution in [0.1, 0.15) is 16.7 Å². The number of ether oxygens (including phenoxy) is 1. The number of rotatable bonds is 8. The minimum Gasteiger partial charge on any atom is -0.492 e. The standard InChI is InChI=1S/C24H29ClN4O/c1-20-16-23(25)6-7-24(20)30-15-14-27-10-12-28(13-11-27)18-21-4-2-5-22(17-21)19-29-9-3-8-26-29/h2-9,16-17H,10-15,18-19H2,1H3. The van der Waals surface area contributed by atoms with Gasteiger partial charge < -0.3 is 4.74 Å². The molecule has 1 fully saturated rings. The zero-order valence-corrected chi connectivity index (χ0v) is 18.3. The summed E-state index contributed by atoms with van der Waals surface area (Å²) in [5.41, 5.74) is 3.75. The van der Waals surface area contributed by atoms with E-state index in [1.807, 2.05) is 48.3 Å². The van der Waals surface area contributed by atoms with E-state index >= 15 is 0 Å². The SMILES string of the molecule is Cc1cc(Cl)ccc1OCCN1CCN(Cc2cccc(Cn3cccn3)c2)CC1. The third-order valence-corrected chi connectivity index (χ3v) is 5.80. The third-order valence-electron chi connectivity index (χ3n) is 5.57. The molecule has 158 valence electrons. The maximum Gasteiger partial charge on any atom is 0.122 e. The third kappa shape index (κ3) is 5.85. The quantitative estimate of drug-likeness (QED) is 0.545. The molecule has 0 aliphatic carbocycles. The minimum absolute atomic E-state index is 0.706. The van der Waals surface area contributed by atoms with E-state index in [4.69, 9.17) is 16.3 Å². The van der Waals surface area contributed by atoms with Gasteiger partial charge in [0.25, 0.3) is 0 Å². The molecule has 5 nitrogen and oxygen atoms in total. The molecule has 1 aliphatic rings. The van der Waals surface area contributed by atoms with E-state index in [0.29, 0.717) is 6.61 Å². The molecule has 0 spiro atoms. The molecular weight excluding hydrogens is 396 g/mol. The Labute approximate surface area is 183 Å². The first-order chi connectivity index (χ1) is 14.7. The van der Waals surface area contributed by atoms with Gasteiger partial charge in [0.15, 0.2) is 0 Å². The fourth-order valence-corrected chi connectivity index (χ4v) is 4.12. The van der Waals surface area contributed by atoms with Crippen LogP contribution in [0.5, 0.6) is 5.75 Å². The van der Waals surface area contributed by atoms with Crippen LogP contribution in [0.25, 0.3) is 0 Å². The molecule has 0 unspecified atom stereocenters. The first-order valence-corrected chi connectivity index (χ1v) is 10.9. The van der Waals surface area contributed by atoms with Gasteiger partial charge in [-0.1, -0.05) is 35.9 Å². The molecule has 6 heteroatoms. The van der Waals surface area contributed by atoms with Crippen molar-refractivity contribution in [3.8, 4) is 5.75 Å². The Morgan fingerprint density at radius 3 is 2.43 bits per heavy atom. The number of aromatic nitrogens is 2. The molecule has 0 N–H and O–H groups in total. The van der Waals surface area contributed by atoms with Crippen molar-refractivity contribution in [2.75, 3.05) is 39.3 Å². The number of nitrogens with zero attached hydrogens (tertiary/aromatic N) is 4. The summed E-state index contributed by atoms with van der Waals surface area (Å²) in [6.45, 7) is 9.85. The van der Waals surface area contributed by atoms with Gasteiger partial charge >= 0.3 is 0 Å². The highest BCUT2D eigenvalue weighted by Crippen LogP contribution is 2.21. The van der Waals surface area contributed by atoms with Crippen LogP contribution in [0.4, 0.5) is 0 Å². The van der Waals surface area contributed by atoms with Crippen molar-refractivity contribution < 1.29 is 4.74 Å². The monoisotopic (exact) mass is 424 g/mol. The molecule has 0 amide bonds. The van der Waals surface area contributed by atoms with Crippen LogP contribution in [-0.2, 0) is 13.1 Å². The molecule has 0 radical (unpaired) electrons. The fraction of sp³-hybridized carbons (Fsp3) is 0.375. The topological polar surface area (TPSA) is 33.5 Å². The predicted molar refractivity (Wildman–Crippen MR) is 121 cm³/mol. The second-order valence-electron chi connectivity index (χ2n) is 7.90. The maximum absolute atomic E-state index is 6.01. The van der Waals surface area contributed by atoms with Crippen molar-refractivity contribution in [1.29, 1.82) is 0 Å². The van der Waals surface area contributed by atoms with Crippen molar-refractivity contribution in [3.63, 3.8) is 0 Å². The molecule has 4 rings (SSSR count). The summed E-state index contributed by atoms with van der Waals surface area (Å²) in [6.07, 6.45) is 3.83. The summed E-state index contributed by atoms with van der Waals surface area (Å²) in [5.74, 6) is 0.924. The van der Waals surface area contributed by atoms with Gasteiger partial charge in [0.2, 0.25) is 0 Å². The van der Waals surface area contributed by atoms with Crippen LogP contribution in [0.15, 0.2) is 60.9 Å². The van der Waals surface area contributed by atoms with Crippen LogP contribution in [0.2, 0.25) is 5.02 Å². The van der Waals surface area contributed by atoms with Crippen molar-refractivity contribution >= 4 is 11.6 Å². The van der Waals surface area contributed by atoms with E-state index in [1.54, 1.807) is 0 Å². The number of aryl methyl sites for hydroxylation is 1. The van der Waals surface area contributed by atoms with Crippen LogP contribution in [0.3, 0.4) is 0 Å². The maximum atomic E-state index is 6.01. The number of benzene rings is 2. The Kier molecular flexibility index (Phi) is 7.05. The fourth-order valence-electron chi connectivity index (χ4n) is 3.90. The Balaban J connectivity index is 1.20. The van der Waals surface area contributed by atoms with E-state index in [-0.39, 0.29) is 0 Å². The minimum atomic E-state index is 0.706. The highest BCUT2D eigenvalue weighted by atomic mass is 35.5. The van der Waals surface area contributed by atoms with Gasteiger partial charge in [0.05, 0.1) is 6.54 Å². The number of hydrogen-bond acceptors (Lipinski definition) is 4. The van der Waals surface area contributed by atoms with E-state index in [2.05, 4.69) is 39.2 Å². The van der Waals surface area contributed by atoms with Crippen LogP contribution >= 0.6 is 11.6 Å². The molecule has 3 aromatic rings. The van der Waals surface area contributed by atoms with Gasteiger partial charge in [-0.15, -0.1) is 0 Å². The van der Waals surface area contributed by atoms with E-state index in [9.17, 15) is 0 Å². The van der Waals surface area contributed by atoms with Crippen LogP contribution in [0, 0.1) is 6.92 Å². The largest absolute Gasteiger partial charge is 0.492 e. The summed E-state index contributed by atoms with van der Waals surface area (Å²) < 4.78 is 7.92. The van der Waals surface area contributed by atoms with Gasteiger partial charge in [-0.3, -0.25) is 14.5 Å². The molecular formula is C24H29ClN4O. The number of piperazine rings is 1. The summed E-state index contributed by atoms with van der Waals surface area (Å²) in [6, 6.07) is 16.6. The lowest BCUT2D eigenvalue weighted by Gasteiger charge is -2.34. The molecule has 2 heterocycles. The summed E-state index contributed by atoms with van der Waals surface area (Å²) >= 11 is 6.01. The number of halogens is 1. The summed E-state index contributed by atoms with van der Waals surface area (Å²) in [4.78, 5) is 5.02. The predicted octanol–water partition coefficient (Wildman–Crippen LogP) is 4.09. The zero-order valence-electron chi connectivity index (χ0n) is 17.5. The number of hydrogen-bond donors (Lipinski definition) is 0. The van der Waals surface area contributed by atoms with Gasteiger partial charge in [0, 0.05) is 56.7 Å². The Hall–Kier alpha value is -2.34. The lowest BCUT2D eigenvalue weighted by atomic mass is 10.1. The average molecular weight is 425 g/mol. The van der Waals surface area contributed by atoms with Gasteiger partial charge in [-0.2, -0.15) is 5.10 Å². The average Bonchev–Trinajstić information content (AvgIpc) is 3.24. The molecule has 0 bridgehead atoms. The Morgan fingerprint density at radius 1 is 0.933 bits per heavy atom. The molecule has 2 aromatic carbocycles. The first-order valence-electron chi connectivity index (χ1n) is 10.5. The molecule has 0 saturated carbocycles. The van der Waals surface area contributed by atoms with Crippen molar-refractivity contribution in [2.24, 2.45) is 0 Å². The van der Waals surface area contributed by atoms with E-state index in [0.717, 1.165) is 62.1 Å². The van der Waals surface area contributed by atoms with Crippen molar-refractivity contribution in [2.45, 2.75) is 20.0 Å². The molecule has 1 aliphatic heterocycles. The second-order valence-corrected chi connectivity index (χ2v) is 8.34. The van der Waals surface area contributed by atoms with Gasteiger partial charge in [-0.05, 0) is 47.9 Å². The van der Waals surface area contributed by atoms with E-state index in [1.165, 1.54) is 11.1 Å². The van der Waals surface area contributed by atoms with Crippen LogP contribution in [-0.4, -0.2) is 58.9 Å². The summed E-state index contributed by atoms with van der Waals surface area (Å²) in [5, 5.41) is 5.05. The highest BCUT2D eigenvalue weighted by molar-refractivity contribution is 6.30.